The maximum atomic E-state index is 14.0. The molecule has 0 bridgehead atoms. The first-order valence-corrected chi connectivity index (χ1v) is 7.32. The summed E-state index contributed by atoms with van der Waals surface area (Å²) in [4.78, 5) is 0. The highest BCUT2D eigenvalue weighted by atomic mass is 79.9. The van der Waals surface area contributed by atoms with Gasteiger partial charge in [-0.3, -0.25) is 0 Å². The summed E-state index contributed by atoms with van der Waals surface area (Å²) in [5, 5.41) is -0.184. The Morgan fingerprint density at radius 2 is 1.60 bits per heavy atom. The Kier molecular flexibility index (Phi) is 4.79. The summed E-state index contributed by atoms with van der Waals surface area (Å²) < 4.78 is 42.3. The lowest BCUT2D eigenvalue weighted by Crippen LogP contribution is -2.17. The first-order chi connectivity index (χ1) is 9.32. The quantitative estimate of drug-likeness (QED) is 0.642. The molecule has 0 heterocycles. The van der Waals surface area contributed by atoms with Crippen molar-refractivity contribution in [2.75, 3.05) is 0 Å². The fourth-order valence-electron chi connectivity index (χ4n) is 1.79. The molecule has 1 unspecified atom stereocenters. The van der Waals surface area contributed by atoms with Crippen LogP contribution in [-0.2, 0) is 0 Å². The lowest BCUT2D eigenvalue weighted by atomic mass is 9.98. The summed E-state index contributed by atoms with van der Waals surface area (Å²) in [6, 6.07) is 3.63. The van der Waals surface area contributed by atoms with E-state index in [1.165, 1.54) is 12.1 Å². The SMILES string of the molecule is NC(c1ccc(Br)c(Cl)c1F)c1c(F)cc(Br)cc1F. The molecule has 0 radical (unpaired) electrons. The van der Waals surface area contributed by atoms with Crippen LogP contribution in [0.15, 0.2) is 33.2 Å². The van der Waals surface area contributed by atoms with E-state index in [2.05, 4.69) is 31.9 Å². The van der Waals surface area contributed by atoms with Gasteiger partial charge in [0, 0.05) is 20.1 Å². The fourth-order valence-corrected chi connectivity index (χ4v) is 2.67. The molecule has 1 atom stereocenters. The van der Waals surface area contributed by atoms with Gasteiger partial charge in [-0.25, -0.2) is 13.2 Å². The van der Waals surface area contributed by atoms with Gasteiger partial charge in [0.15, 0.2) is 0 Å². The number of nitrogens with two attached hydrogens (primary N) is 1. The second-order valence-electron chi connectivity index (χ2n) is 4.03. The van der Waals surface area contributed by atoms with Crippen LogP contribution < -0.4 is 5.73 Å². The van der Waals surface area contributed by atoms with Gasteiger partial charge in [0.1, 0.15) is 17.5 Å². The van der Waals surface area contributed by atoms with Crippen molar-refractivity contribution in [3.8, 4) is 0 Å². The molecule has 0 aromatic heterocycles. The topological polar surface area (TPSA) is 26.0 Å². The van der Waals surface area contributed by atoms with Gasteiger partial charge in [-0.2, -0.15) is 0 Å². The Morgan fingerprint density at radius 3 is 2.15 bits per heavy atom. The smallest absolute Gasteiger partial charge is 0.148 e. The number of halogens is 6. The summed E-state index contributed by atoms with van der Waals surface area (Å²) in [6.45, 7) is 0. The molecule has 2 rings (SSSR count). The van der Waals surface area contributed by atoms with E-state index >= 15 is 0 Å². The van der Waals surface area contributed by atoms with Gasteiger partial charge < -0.3 is 5.73 Å². The van der Waals surface area contributed by atoms with Crippen LogP contribution in [0.4, 0.5) is 13.2 Å². The fraction of sp³-hybridized carbons (Fsp3) is 0.0769. The molecule has 0 fully saturated rings. The van der Waals surface area contributed by atoms with Crippen molar-refractivity contribution >= 4 is 43.5 Å². The number of rotatable bonds is 2. The molecular formula is C13H7Br2ClF3N. The van der Waals surface area contributed by atoms with Crippen LogP contribution in [0.3, 0.4) is 0 Å². The Bertz CT molecular complexity index is 656. The molecule has 1 nitrogen and oxygen atoms in total. The van der Waals surface area contributed by atoms with Gasteiger partial charge in [-0.15, -0.1) is 0 Å². The van der Waals surface area contributed by atoms with Gasteiger partial charge in [0.05, 0.1) is 11.1 Å². The molecule has 0 saturated heterocycles. The van der Waals surface area contributed by atoms with Gasteiger partial charge >= 0.3 is 0 Å². The van der Waals surface area contributed by atoms with Crippen LogP contribution in [0.2, 0.25) is 5.02 Å². The Balaban J connectivity index is 2.58. The number of hydrogen-bond acceptors (Lipinski definition) is 1. The second kappa shape index (κ2) is 6.05. The average molecular weight is 429 g/mol. The third kappa shape index (κ3) is 2.88. The summed E-state index contributed by atoms with van der Waals surface area (Å²) in [7, 11) is 0. The van der Waals surface area contributed by atoms with Gasteiger partial charge in [-0.1, -0.05) is 33.6 Å². The number of hydrogen-bond donors (Lipinski definition) is 1. The zero-order valence-electron chi connectivity index (χ0n) is 9.73. The van der Waals surface area contributed by atoms with Crippen molar-refractivity contribution in [2.24, 2.45) is 5.73 Å². The van der Waals surface area contributed by atoms with Crippen LogP contribution in [0.1, 0.15) is 17.2 Å². The van der Waals surface area contributed by atoms with Crippen molar-refractivity contribution in [3.05, 3.63) is 66.8 Å². The lowest BCUT2D eigenvalue weighted by Gasteiger charge is -2.16. The molecule has 7 heteroatoms. The highest BCUT2D eigenvalue weighted by Crippen LogP contribution is 2.34. The van der Waals surface area contributed by atoms with E-state index in [1.807, 2.05) is 0 Å². The predicted octanol–water partition coefficient (Wildman–Crippen LogP) is 5.33. The third-order valence-corrected chi connectivity index (χ3v) is 4.47. The summed E-state index contributed by atoms with van der Waals surface area (Å²) in [5.41, 5.74) is 5.28. The molecule has 0 spiro atoms. The Labute approximate surface area is 135 Å². The third-order valence-electron chi connectivity index (χ3n) is 2.75. The zero-order valence-corrected chi connectivity index (χ0v) is 13.7. The van der Waals surface area contributed by atoms with Crippen LogP contribution in [-0.4, -0.2) is 0 Å². The summed E-state index contributed by atoms with van der Waals surface area (Å²) >= 11 is 11.8. The van der Waals surface area contributed by atoms with Crippen LogP contribution in [0.25, 0.3) is 0 Å². The van der Waals surface area contributed by atoms with Crippen molar-refractivity contribution in [1.29, 1.82) is 0 Å². The minimum Gasteiger partial charge on any atom is -0.320 e. The molecular weight excluding hydrogens is 422 g/mol. The van der Waals surface area contributed by atoms with E-state index in [1.54, 1.807) is 0 Å². The largest absolute Gasteiger partial charge is 0.320 e. The normalized spacial score (nSPS) is 12.6. The van der Waals surface area contributed by atoms with E-state index < -0.39 is 29.1 Å². The lowest BCUT2D eigenvalue weighted by molar-refractivity contribution is 0.531. The molecule has 2 aromatic carbocycles. The van der Waals surface area contributed by atoms with Crippen molar-refractivity contribution in [1.82, 2.24) is 0 Å². The molecule has 2 N–H and O–H groups in total. The molecule has 0 aliphatic rings. The maximum Gasteiger partial charge on any atom is 0.148 e. The van der Waals surface area contributed by atoms with E-state index in [0.717, 1.165) is 12.1 Å². The molecule has 106 valence electrons. The molecule has 2 aromatic rings. The molecule has 0 aliphatic heterocycles. The highest BCUT2D eigenvalue weighted by molar-refractivity contribution is 9.10. The second-order valence-corrected chi connectivity index (χ2v) is 6.17. The standard InChI is InChI=1S/C13H7Br2ClF3N/c14-5-3-8(17)10(9(18)4-5)13(20)6-1-2-7(15)11(16)12(6)19/h1-4,13H,20H2. The van der Waals surface area contributed by atoms with E-state index in [0.29, 0.717) is 4.47 Å². The van der Waals surface area contributed by atoms with Gasteiger partial charge in [0.2, 0.25) is 0 Å². The summed E-state index contributed by atoms with van der Waals surface area (Å²) in [6.07, 6.45) is 0. The van der Waals surface area contributed by atoms with Crippen molar-refractivity contribution in [3.63, 3.8) is 0 Å². The first-order valence-electron chi connectivity index (χ1n) is 5.36. The Morgan fingerprint density at radius 1 is 1.05 bits per heavy atom. The van der Waals surface area contributed by atoms with Gasteiger partial charge in [-0.05, 0) is 34.1 Å². The van der Waals surface area contributed by atoms with Crippen LogP contribution >= 0.6 is 43.5 Å². The van der Waals surface area contributed by atoms with E-state index in [4.69, 9.17) is 17.3 Å². The van der Waals surface area contributed by atoms with Crippen molar-refractivity contribution < 1.29 is 13.2 Å². The average Bonchev–Trinajstić information content (AvgIpc) is 2.34. The van der Waals surface area contributed by atoms with E-state index in [9.17, 15) is 13.2 Å². The molecule has 0 amide bonds. The van der Waals surface area contributed by atoms with Gasteiger partial charge in [0.25, 0.3) is 0 Å². The summed E-state index contributed by atoms with van der Waals surface area (Å²) in [5.74, 6) is -2.53. The maximum absolute atomic E-state index is 14.0. The minimum atomic E-state index is -1.30. The first kappa shape index (κ1) is 15.8. The van der Waals surface area contributed by atoms with E-state index in [-0.39, 0.29) is 15.1 Å². The minimum absolute atomic E-state index is 0.0849. The molecule has 0 saturated carbocycles. The highest BCUT2D eigenvalue weighted by Gasteiger charge is 2.23. The van der Waals surface area contributed by atoms with Crippen LogP contribution in [0, 0.1) is 17.5 Å². The number of benzene rings is 2. The predicted molar refractivity (Wildman–Crippen MR) is 79.2 cm³/mol. The van der Waals surface area contributed by atoms with Crippen molar-refractivity contribution in [2.45, 2.75) is 6.04 Å². The molecule has 20 heavy (non-hydrogen) atoms. The zero-order chi connectivity index (χ0) is 15.0. The molecule has 0 aliphatic carbocycles. The van der Waals surface area contributed by atoms with Crippen LogP contribution in [0.5, 0.6) is 0 Å². The monoisotopic (exact) mass is 427 g/mol. The Hall–Kier alpha value is -0.560.